The van der Waals surface area contributed by atoms with Crippen LogP contribution in [0.1, 0.15) is 29.4 Å². The minimum absolute atomic E-state index is 0. The maximum Gasteiger partial charge on any atom is 0.277 e. The smallest absolute Gasteiger partial charge is 0.277 e. The summed E-state index contributed by atoms with van der Waals surface area (Å²) in [6.45, 7) is 1.87. The molecular weight excluding hydrogens is 389 g/mol. The van der Waals surface area contributed by atoms with Gasteiger partial charge in [0.15, 0.2) is 5.69 Å². The normalized spacial score (nSPS) is 15.0. The second-order valence-corrected chi connectivity index (χ2v) is 6.00. The molecule has 6 nitrogen and oxygen atoms in total. The number of benzene rings is 1. The van der Waals surface area contributed by atoms with Crippen LogP contribution < -0.4 is 10.6 Å². The molecule has 1 aliphatic rings. The molecule has 0 spiro atoms. The molecule has 2 aromatic rings. The summed E-state index contributed by atoms with van der Waals surface area (Å²) in [6.07, 6.45) is 3.56. The van der Waals surface area contributed by atoms with Crippen LogP contribution in [0.2, 0.25) is 0 Å². The number of amides is 1. The summed E-state index contributed by atoms with van der Waals surface area (Å²) in [5.74, 6) is -0.835. The van der Waals surface area contributed by atoms with Crippen molar-refractivity contribution in [2.45, 2.75) is 18.9 Å². The Morgan fingerprint density at radius 3 is 2.83 bits per heavy atom. The molecule has 1 aromatic heterocycles. The predicted octanol–water partition coefficient (Wildman–Crippen LogP) is 2.78. The third-order valence-corrected chi connectivity index (χ3v) is 4.25. The van der Waals surface area contributed by atoms with Crippen molar-refractivity contribution in [1.82, 2.24) is 20.3 Å². The van der Waals surface area contributed by atoms with E-state index < -0.39 is 11.7 Å². The Balaban J connectivity index is 0.00000192. The van der Waals surface area contributed by atoms with Gasteiger partial charge in [0.2, 0.25) is 0 Å². The van der Waals surface area contributed by atoms with Crippen LogP contribution in [-0.4, -0.2) is 34.0 Å². The van der Waals surface area contributed by atoms with Crippen LogP contribution in [-0.2, 0) is 0 Å². The molecule has 3 rings (SSSR count). The molecule has 0 atom stereocenters. The average molecular weight is 405 g/mol. The van der Waals surface area contributed by atoms with E-state index in [0.29, 0.717) is 10.2 Å². The quantitative estimate of drug-likeness (QED) is 0.825. The van der Waals surface area contributed by atoms with E-state index in [4.69, 9.17) is 0 Å². The summed E-state index contributed by atoms with van der Waals surface area (Å²) >= 11 is 3.07. The first-order valence-electron chi connectivity index (χ1n) is 7.02. The number of carbonyl (C=O) groups excluding carboxylic acids is 1. The maximum atomic E-state index is 13.4. The van der Waals surface area contributed by atoms with Crippen LogP contribution in [0.5, 0.6) is 0 Å². The third-order valence-electron chi connectivity index (χ3n) is 3.60. The molecule has 1 aromatic carbocycles. The number of hydrogen-bond acceptors (Lipinski definition) is 4. The topological polar surface area (TPSA) is 71.8 Å². The molecular formula is C14H16BrClFN5O. The van der Waals surface area contributed by atoms with Gasteiger partial charge in [-0.15, -0.1) is 17.5 Å². The molecule has 23 heavy (non-hydrogen) atoms. The number of anilines is 1. The van der Waals surface area contributed by atoms with E-state index in [2.05, 4.69) is 36.9 Å². The highest BCUT2D eigenvalue weighted by Gasteiger charge is 2.19. The third kappa shape index (κ3) is 4.27. The first-order valence-corrected chi connectivity index (χ1v) is 7.82. The molecule has 0 radical (unpaired) electrons. The summed E-state index contributed by atoms with van der Waals surface area (Å²) in [5, 5.41) is 13.8. The Morgan fingerprint density at radius 2 is 2.13 bits per heavy atom. The van der Waals surface area contributed by atoms with Crippen LogP contribution in [0.15, 0.2) is 28.9 Å². The van der Waals surface area contributed by atoms with Crippen LogP contribution in [0.3, 0.4) is 0 Å². The number of carbonyl (C=O) groups is 1. The van der Waals surface area contributed by atoms with Gasteiger partial charge in [-0.05, 0) is 60.1 Å². The molecule has 9 heteroatoms. The highest BCUT2D eigenvalue weighted by Crippen LogP contribution is 2.20. The Morgan fingerprint density at radius 1 is 1.39 bits per heavy atom. The summed E-state index contributed by atoms with van der Waals surface area (Å²) in [7, 11) is 0. The first-order chi connectivity index (χ1) is 10.6. The standard InChI is InChI=1S/C14H15BrFN5O.ClH/c15-11-2-1-9(7-12(11)16)18-14(22)13-8-21(20-19-13)10-3-5-17-6-4-10;/h1-2,7-8,10,17H,3-6H2,(H,18,22);1H. The zero-order valence-electron chi connectivity index (χ0n) is 12.1. The van der Waals surface area contributed by atoms with E-state index in [1.54, 1.807) is 16.9 Å². The minimum atomic E-state index is -0.434. The number of aromatic nitrogens is 3. The fraction of sp³-hybridized carbons (Fsp3) is 0.357. The van der Waals surface area contributed by atoms with E-state index in [1.807, 2.05) is 0 Å². The Labute approximate surface area is 147 Å². The summed E-state index contributed by atoms with van der Waals surface area (Å²) in [5.41, 5.74) is 0.601. The molecule has 124 valence electrons. The van der Waals surface area contributed by atoms with E-state index >= 15 is 0 Å². The number of nitrogens with zero attached hydrogens (tertiary/aromatic N) is 3. The van der Waals surface area contributed by atoms with Crippen LogP contribution >= 0.6 is 28.3 Å². The van der Waals surface area contributed by atoms with Crippen molar-refractivity contribution in [3.8, 4) is 0 Å². The van der Waals surface area contributed by atoms with Crippen molar-refractivity contribution < 1.29 is 9.18 Å². The fourth-order valence-electron chi connectivity index (χ4n) is 2.40. The van der Waals surface area contributed by atoms with Gasteiger partial charge in [0.1, 0.15) is 5.82 Å². The van der Waals surface area contributed by atoms with E-state index in [0.717, 1.165) is 25.9 Å². The van der Waals surface area contributed by atoms with E-state index in [9.17, 15) is 9.18 Å². The van der Waals surface area contributed by atoms with Gasteiger partial charge in [0.25, 0.3) is 5.91 Å². The van der Waals surface area contributed by atoms with Crippen molar-refractivity contribution in [3.63, 3.8) is 0 Å². The highest BCUT2D eigenvalue weighted by molar-refractivity contribution is 9.10. The number of rotatable bonds is 3. The average Bonchev–Trinajstić information content (AvgIpc) is 3.02. The van der Waals surface area contributed by atoms with Gasteiger partial charge in [-0.2, -0.15) is 0 Å². The first kappa shape index (κ1) is 17.8. The molecule has 0 aliphatic carbocycles. The summed E-state index contributed by atoms with van der Waals surface area (Å²) in [4.78, 5) is 12.1. The number of hydrogen-bond donors (Lipinski definition) is 2. The zero-order valence-corrected chi connectivity index (χ0v) is 14.5. The van der Waals surface area contributed by atoms with Gasteiger partial charge in [-0.3, -0.25) is 4.79 Å². The molecule has 0 bridgehead atoms. The largest absolute Gasteiger partial charge is 0.320 e. The van der Waals surface area contributed by atoms with Crippen molar-refractivity contribution >= 4 is 39.9 Å². The lowest BCUT2D eigenvalue weighted by Crippen LogP contribution is -2.29. The van der Waals surface area contributed by atoms with Gasteiger partial charge >= 0.3 is 0 Å². The second-order valence-electron chi connectivity index (χ2n) is 5.15. The molecule has 1 fully saturated rings. The molecule has 0 unspecified atom stereocenters. The minimum Gasteiger partial charge on any atom is -0.320 e. The lowest BCUT2D eigenvalue weighted by atomic mass is 10.1. The van der Waals surface area contributed by atoms with Gasteiger partial charge in [-0.1, -0.05) is 5.21 Å². The SMILES string of the molecule is Cl.O=C(Nc1ccc(Br)c(F)c1)c1cn(C2CCNCC2)nn1. The van der Waals surface area contributed by atoms with Crippen molar-refractivity contribution in [3.05, 3.63) is 40.4 Å². The lowest BCUT2D eigenvalue weighted by molar-refractivity contribution is 0.102. The number of halogens is 3. The lowest BCUT2D eigenvalue weighted by Gasteiger charge is -2.22. The number of nitrogens with one attached hydrogen (secondary N) is 2. The Kier molecular flexibility index (Phi) is 6.09. The number of piperidine rings is 1. The van der Waals surface area contributed by atoms with Gasteiger partial charge in [-0.25, -0.2) is 9.07 Å². The predicted molar refractivity (Wildman–Crippen MR) is 90.5 cm³/mol. The molecule has 0 saturated carbocycles. The van der Waals surface area contributed by atoms with Crippen LogP contribution in [0, 0.1) is 5.82 Å². The molecule has 1 saturated heterocycles. The van der Waals surface area contributed by atoms with Crippen LogP contribution in [0.25, 0.3) is 0 Å². The molecule has 1 amide bonds. The fourth-order valence-corrected chi connectivity index (χ4v) is 2.65. The van der Waals surface area contributed by atoms with E-state index in [-0.39, 0.29) is 24.1 Å². The molecule has 2 N–H and O–H groups in total. The summed E-state index contributed by atoms with van der Waals surface area (Å²) < 4.78 is 15.5. The van der Waals surface area contributed by atoms with Gasteiger partial charge in [0.05, 0.1) is 16.7 Å². The Hall–Kier alpha value is -1.51. The van der Waals surface area contributed by atoms with E-state index in [1.165, 1.54) is 12.1 Å². The molecule has 1 aliphatic heterocycles. The second kappa shape index (κ2) is 7.85. The zero-order chi connectivity index (χ0) is 15.5. The monoisotopic (exact) mass is 403 g/mol. The van der Waals surface area contributed by atoms with Gasteiger partial charge < -0.3 is 10.6 Å². The van der Waals surface area contributed by atoms with Crippen molar-refractivity contribution in [2.75, 3.05) is 18.4 Å². The van der Waals surface area contributed by atoms with Crippen molar-refractivity contribution in [1.29, 1.82) is 0 Å². The highest BCUT2D eigenvalue weighted by atomic mass is 79.9. The maximum absolute atomic E-state index is 13.4. The van der Waals surface area contributed by atoms with Crippen LogP contribution in [0.4, 0.5) is 10.1 Å². The van der Waals surface area contributed by atoms with Gasteiger partial charge in [0, 0.05) is 5.69 Å². The Bertz CT molecular complexity index is 690. The molecule has 2 heterocycles. The van der Waals surface area contributed by atoms with Crippen molar-refractivity contribution in [2.24, 2.45) is 0 Å². The summed E-state index contributed by atoms with van der Waals surface area (Å²) in [6, 6.07) is 4.67.